The highest BCUT2D eigenvalue weighted by Crippen LogP contribution is 2.16. The van der Waals surface area contributed by atoms with Crippen LogP contribution in [0.5, 0.6) is 0 Å². The Bertz CT molecular complexity index is 865. The van der Waals surface area contributed by atoms with E-state index in [1.54, 1.807) is 0 Å². The Balaban J connectivity index is 1.41. The molecule has 1 aromatic carbocycles. The van der Waals surface area contributed by atoms with Gasteiger partial charge in [0.05, 0.1) is 18.7 Å². The molecule has 1 aliphatic heterocycles. The quantitative estimate of drug-likeness (QED) is 0.603. The molecule has 146 valence electrons. The highest BCUT2D eigenvalue weighted by molar-refractivity contribution is 5.78. The molecule has 0 N–H and O–H groups in total. The van der Waals surface area contributed by atoms with E-state index in [1.807, 2.05) is 30.7 Å². The molecule has 0 radical (unpaired) electrons. The molecule has 0 unspecified atom stereocenters. The van der Waals surface area contributed by atoms with Gasteiger partial charge in [-0.1, -0.05) is 18.2 Å². The van der Waals surface area contributed by atoms with E-state index < -0.39 is 0 Å². The van der Waals surface area contributed by atoms with Crippen LogP contribution in [0.2, 0.25) is 0 Å². The number of nitrogens with zero attached hydrogens (tertiary/aromatic N) is 4. The third-order valence-electron chi connectivity index (χ3n) is 5.25. The number of morpholine rings is 1. The number of fused-ring (bicyclic) bond motifs is 1. The standard InChI is InChI=1S/C23H28N4O/c1-4-21(17-24-8-1)19-27(11-3-10-26-12-14-28-15-13-26)18-20-6-7-23-22(16-20)5-2-9-25-23/h1-2,4-9,16-17H,3,10-15,18-19H2. The fourth-order valence-electron chi connectivity index (χ4n) is 3.79. The minimum atomic E-state index is 0.866. The summed E-state index contributed by atoms with van der Waals surface area (Å²) >= 11 is 0. The van der Waals surface area contributed by atoms with Crippen molar-refractivity contribution in [3.05, 3.63) is 72.2 Å². The highest BCUT2D eigenvalue weighted by atomic mass is 16.5. The van der Waals surface area contributed by atoms with Gasteiger partial charge < -0.3 is 4.74 Å². The summed E-state index contributed by atoms with van der Waals surface area (Å²) in [5.74, 6) is 0. The van der Waals surface area contributed by atoms with Crippen molar-refractivity contribution in [3.63, 3.8) is 0 Å². The van der Waals surface area contributed by atoms with E-state index in [9.17, 15) is 0 Å². The van der Waals surface area contributed by atoms with Crippen LogP contribution in [0, 0.1) is 0 Å². The first-order valence-corrected chi connectivity index (χ1v) is 10.1. The van der Waals surface area contributed by atoms with Crippen molar-refractivity contribution in [3.8, 4) is 0 Å². The predicted molar refractivity (Wildman–Crippen MR) is 112 cm³/mol. The lowest BCUT2D eigenvalue weighted by Crippen LogP contribution is -2.38. The van der Waals surface area contributed by atoms with Crippen molar-refractivity contribution >= 4 is 10.9 Å². The minimum Gasteiger partial charge on any atom is -0.379 e. The summed E-state index contributed by atoms with van der Waals surface area (Å²) in [6, 6.07) is 14.9. The Labute approximate surface area is 167 Å². The molecule has 4 rings (SSSR count). The lowest BCUT2D eigenvalue weighted by molar-refractivity contribution is 0.0359. The molecular formula is C23H28N4O. The zero-order chi connectivity index (χ0) is 19.0. The summed E-state index contributed by atoms with van der Waals surface area (Å²) in [6.45, 7) is 7.90. The molecule has 1 saturated heterocycles. The van der Waals surface area contributed by atoms with Gasteiger partial charge in [-0.2, -0.15) is 0 Å². The van der Waals surface area contributed by atoms with Crippen LogP contribution in [-0.4, -0.2) is 59.2 Å². The SMILES string of the molecule is c1cncc(CN(CCCN2CCOCC2)Cc2ccc3ncccc3c2)c1. The van der Waals surface area contributed by atoms with Gasteiger partial charge in [0, 0.05) is 56.7 Å². The van der Waals surface area contributed by atoms with Gasteiger partial charge in [0.15, 0.2) is 0 Å². The molecule has 0 spiro atoms. The maximum absolute atomic E-state index is 5.46. The fourth-order valence-corrected chi connectivity index (χ4v) is 3.79. The Morgan fingerprint density at radius 1 is 0.964 bits per heavy atom. The summed E-state index contributed by atoms with van der Waals surface area (Å²) in [5.41, 5.74) is 3.64. The fraction of sp³-hybridized carbons (Fsp3) is 0.391. The first-order chi connectivity index (χ1) is 13.9. The maximum atomic E-state index is 5.46. The van der Waals surface area contributed by atoms with Crippen LogP contribution in [0.15, 0.2) is 61.1 Å². The van der Waals surface area contributed by atoms with Crippen LogP contribution in [0.4, 0.5) is 0 Å². The lowest BCUT2D eigenvalue weighted by Gasteiger charge is -2.28. The van der Waals surface area contributed by atoms with Gasteiger partial charge in [-0.3, -0.25) is 19.8 Å². The zero-order valence-electron chi connectivity index (χ0n) is 16.3. The molecule has 5 heteroatoms. The Morgan fingerprint density at radius 2 is 1.82 bits per heavy atom. The molecule has 2 aromatic heterocycles. The van der Waals surface area contributed by atoms with Crippen molar-refractivity contribution in [2.75, 3.05) is 39.4 Å². The summed E-state index contributed by atoms with van der Waals surface area (Å²) in [5, 5.41) is 1.20. The first-order valence-electron chi connectivity index (χ1n) is 10.1. The van der Waals surface area contributed by atoms with E-state index in [1.165, 1.54) is 16.5 Å². The Hall–Kier alpha value is -2.34. The number of rotatable bonds is 8. The molecule has 3 heterocycles. The number of hydrogen-bond acceptors (Lipinski definition) is 5. The van der Waals surface area contributed by atoms with Gasteiger partial charge >= 0.3 is 0 Å². The predicted octanol–water partition coefficient (Wildman–Crippen LogP) is 3.35. The average Bonchev–Trinajstić information content (AvgIpc) is 2.75. The molecule has 0 atom stereocenters. The molecule has 28 heavy (non-hydrogen) atoms. The van der Waals surface area contributed by atoms with Gasteiger partial charge in [0.2, 0.25) is 0 Å². The van der Waals surface area contributed by atoms with E-state index in [0.717, 1.165) is 64.4 Å². The van der Waals surface area contributed by atoms with E-state index in [2.05, 4.69) is 50.1 Å². The average molecular weight is 377 g/mol. The van der Waals surface area contributed by atoms with Crippen LogP contribution < -0.4 is 0 Å². The molecule has 5 nitrogen and oxygen atoms in total. The van der Waals surface area contributed by atoms with Crippen molar-refractivity contribution in [2.24, 2.45) is 0 Å². The van der Waals surface area contributed by atoms with Crippen molar-refractivity contribution in [1.82, 2.24) is 19.8 Å². The van der Waals surface area contributed by atoms with E-state index in [-0.39, 0.29) is 0 Å². The van der Waals surface area contributed by atoms with E-state index >= 15 is 0 Å². The van der Waals surface area contributed by atoms with Crippen molar-refractivity contribution in [2.45, 2.75) is 19.5 Å². The zero-order valence-corrected chi connectivity index (χ0v) is 16.3. The van der Waals surface area contributed by atoms with Crippen LogP contribution in [0.3, 0.4) is 0 Å². The summed E-state index contributed by atoms with van der Waals surface area (Å²) in [4.78, 5) is 13.7. The Morgan fingerprint density at radius 3 is 2.68 bits per heavy atom. The summed E-state index contributed by atoms with van der Waals surface area (Å²) in [7, 11) is 0. The molecule has 0 aliphatic carbocycles. The number of ether oxygens (including phenoxy) is 1. The second kappa shape index (κ2) is 9.73. The van der Waals surface area contributed by atoms with Crippen LogP contribution in [-0.2, 0) is 17.8 Å². The van der Waals surface area contributed by atoms with Crippen molar-refractivity contribution in [1.29, 1.82) is 0 Å². The van der Waals surface area contributed by atoms with Crippen LogP contribution in [0.1, 0.15) is 17.5 Å². The second-order valence-corrected chi connectivity index (χ2v) is 7.41. The smallest absolute Gasteiger partial charge is 0.0702 e. The van der Waals surface area contributed by atoms with Gasteiger partial charge in [0.1, 0.15) is 0 Å². The normalized spacial score (nSPS) is 15.3. The number of aromatic nitrogens is 2. The third-order valence-corrected chi connectivity index (χ3v) is 5.25. The van der Waals surface area contributed by atoms with Gasteiger partial charge in [-0.25, -0.2) is 0 Å². The topological polar surface area (TPSA) is 41.5 Å². The largest absolute Gasteiger partial charge is 0.379 e. The highest BCUT2D eigenvalue weighted by Gasteiger charge is 2.12. The molecule has 0 bridgehead atoms. The van der Waals surface area contributed by atoms with Gasteiger partial charge in [0.25, 0.3) is 0 Å². The minimum absolute atomic E-state index is 0.866. The third kappa shape index (κ3) is 5.35. The van der Waals surface area contributed by atoms with Crippen molar-refractivity contribution < 1.29 is 4.74 Å². The number of benzene rings is 1. The lowest BCUT2D eigenvalue weighted by atomic mass is 10.1. The molecule has 1 fully saturated rings. The van der Waals surface area contributed by atoms with Gasteiger partial charge in [-0.05, 0) is 48.4 Å². The number of pyridine rings is 2. The number of hydrogen-bond donors (Lipinski definition) is 0. The second-order valence-electron chi connectivity index (χ2n) is 7.41. The molecule has 0 saturated carbocycles. The molecular weight excluding hydrogens is 348 g/mol. The van der Waals surface area contributed by atoms with E-state index in [0.29, 0.717) is 0 Å². The Kier molecular flexibility index (Phi) is 6.60. The first kappa shape index (κ1) is 19.0. The molecule has 1 aliphatic rings. The molecule has 0 amide bonds. The van der Waals surface area contributed by atoms with E-state index in [4.69, 9.17) is 4.74 Å². The summed E-state index contributed by atoms with van der Waals surface area (Å²) in [6.07, 6.45) is 6.82. The van der Waals surface area contributed by atoms with Gasteiger partial charge in [-0.15, -0.1) is 0 Å². The van der Waals surface area contributed by atoms with Crippen LogP contribution >= 0.6 is 0 Å². The monoisotopic (exact) mass is 376 g/mol. The maximum Gasteiger partial charge on any atom is 0.0702 e. The molecule has 3 aromatic rings. The van der Waals surface area contributed by atoms with Crippen LogP contribution in [0.25, 0.3) is 10.9 Å². The summed E-state index contributed by atoms with van der Waals surface area (Å²) < 4.78 is 5.46.